The molecule has 1 amide bonds. The largest absolute Gasteiger partial charge is 0.497 e. The standard InChI is InChI=1S/C21H26N2O2/c1-3-4-6-11-20(18-9-7-5-8-10-18)22-23-21(24)16-17-12-14-19(25-2)15-13-17/h5,7-10,12-15H,3-4,6,11,16H2,1-2H3,(H,23,24). The fourth-order valence-corrected chi connectivity index (χ4v) is 2.54. The summed E-state index contributed by atoms with van der Waals surface area (Å²) < 4.78 is 5.13. The first-order valence-corrected chi connectivity index (χ1v) is 8.76. The van der Waals surface area contributed by atoms with Crippen LogP contribution in [-0.4, -0.2) is 18.7 Å². The molecule has 2 rings (SSSR count). The Morgan fingerprint density at radius 1 is 1.04 bits per heavy atom. The van der Waals surface area contributed by atoms with Gasteiger partial charge in [0, 0.05) is 0 Å². The summed E-state index contributed by atoms with van der Waals surface area (Å²) in [7, 11) is 1.63. The Balaban J connectivity index is 1.99. The van der Waals surface area contributed by atoms with Crippen molar-refractivity contribution in [1.29, 1.82) is 0 Å². The lowest BCUT2D eigenvalue weighted by Gasteiger charge is -2.08. The van der Waals surface area contributed by atoms with Crippen molar-refractivity contribution in [3.05, 3.63) is 65.7 Å². The maximum atomic E-state index is 12.2. The third kappa shape index (κ3) is 6.42. The van der Waals surface area contributed by atoms with Crippen molar-refractivity contribution in [2.45, 2.75) is 39.0 Å². The first-order valence-electron chi connectivity index (χ1n) is 8.76. The van der Waals surface area contributed by atoms with Gasteiger partial charge in [0.05, 0.1) is 19.2 Å². The Bertz CT molecular complexity index is 679. The first kappa shape index (κ1) is 18.7. The molecular weight excluding hydrogens is 312 g/mol. The van der Waals surface area contributed by atoms with Crippen LogP contribution in [0.2, 0.25) is 0 Å². The minimum absolute atomic E-state index is 0.117. The molecule has 0 atom stereocenters. The Kier molecular flexibility index (Phi) is 7.70. The van der Waals surface area contributed by atoms with Crippen LogP contribution in [0.3, 0.4) is 0 Å². The SMILES string of the molecule is CCCCCC(=NNC(=O)Cc1ccc(OC)cc1)c1ccccc1. The summed E-state index contributed by atoms with van der Waals surface area (Å²) in [6, 6.07) is 17.5. The van der Waals surface area contributed by atoms with E-state index in [0.717, 1.165) is 48.3 Å². The van der Waals surface area contributed by atoms with Crippen LogP contribution in [0.1, 0.15) is 43.7 Å². The average molecular weight is 338 g/mol. The van der Waals surface area contributed by atoms with Gasteiger partial charge in [-0.15, -0.1) is 0 Å². The molecule has 0 saturated carbocycles. The number of methoxy groups -OCH3 is 1. The van der Waals surface area contributed by atoms with Crippen LogP contribution in [0.25, 0.3) is 0 Å². The zero-order chi connectivity index (χ0) is 17.9. The molecule has 132 valence electrons. The number of rotatable bonds is 9. The average Bonchev–Trinajstić information content (AvgIpc) is 2.66. The number of ether oxygens (including phenoxy) is 1. The summed E-state index contributed by atoms with van der Waals surface area (Å²) >= 11 is 0. The van der Waals surface area contributed by atoms with Crippen LogP contribution in [0, 0.1) is 0 Å². The molecule has 0 aliphatic heterocycles. The van der Waals surface area contributed by atoms with Gasteiger partial charge in [-0.3, -0.25) is 4.79 Å². The lowest BCUT2D eigenvalue weighted by atomic mass is 10.0. The lowest BCUT2D eigenvalue weighted by Crippen LogP contribution is -2.22. The molecule has 0 fully saturated rings. The lowest BCUT2D eigenvalue weighted by molar-refractivity contribution is -0.120. The number of nitrogens with one attached hydrogen (secondary N) is 1. The molecule has 2 aromatic rings. The van der Waals surface area contributed by atoms with Gasteiger partial charge in [0.15, 0.2) is 0 Å². The molecule has 0 spiro atoms. The van der Waals surface area contributed by atoms with Gasteiger partial charge in [-0.2, -0.15) is 5.10 Å². The predicted octanol–water partition coefficient (Wildman–Crippen LogP) is 4.34. The van der Waals surface area contributed by atoms with E-state index in [1.54, 1.807) is 7.11 Å². The molecule has 4 nitrogen and oxygen atoms in total. The van der Waals surface area contributed by atoms with Crippen molar-refractivity contribution >= 4 is 11.6 Å². The van der Waals surface area contributed by atoms with Gasteiger partial charge in [-0.1, -0.05) is 62.2 Å². The number of nitrogens with zero attached hydrogens (tertiary/aromatic N) is 1. The molecule has 0 radical (unpaired) electrons. The van der Waals surface area contributed by atoms with E-state index in [1.807, 2.05) is 54.6 Å². The van der Waals surface area contributed by atoms with Crippen LogP contribution in [0.5, 0.6) is 5.75 Å². The van der Waals surface area contributed by atoms with Gasteiger partial charge in [-0.25, -0.2) is 5.43 Å². The Morgan fingerprint density at radius 3 is 2.40 bits per heavy atom. The molecule has 0 aliphatic rings. The molecule has 0 unspecified atom stereocenters. The van der Waals surface area contributed by atoms with Gasteiger partial charge in [0.25, 0.3) is 0 Å². The number of amides is 1. The maximum Gasteiger partial charge on any atom is 0.244 e. The van der Waals surface area contributed by atoms with Gasteiger partial charge in [-0.05, 0) is 36.1 Å². The quantitative estimate of drug-likeness (QED) is 0.420. The second-order valence-corrected chi connectivity index (χ2v) is 5.94. The number of unbranched alkanes of at least 4 members (excludes halogenated alkanes) is 2. The van der Waals surface area contributed by atoms with Crippen molar-refractivity contribution in [2.24, 2.45) is 5.10 Å². The highest BCUT2D eigenvalue weighted by Gasteiger charge is 2.06. The predicted molar refractivity (Wildman–Crippen MR) is 102 cm³/mol. The minimum Gasteiger partial charge on any atom is -0.497 e. The highest BCUT2D eigenvalue weighted by atomic mass is 16.5. The number of hydrogen-bond acceptors (Lipinski definition) is 3. The minimum atomic E-state index is -0.117. The number of hydrazone groups is 1. The monoisotopic (exact) mass is 338 g/mol. The van der Waals surface area contributed by atoms with E-state index in [-0.39, 0.29) is 5.91 Å². The molecule has 0 heterocycles. The van der Waals surface area contributed by atoms with Crippen LogP contribution >= 0.6 is 0 Å². The van der Waals surface area contributed by atoms with E-state index in [2.05, 4.69) is 17.5 Å². The Morgan fingerprint density at radius 2 is 1.76 bits per heavy atom. The molecular formula is C21H26N2O2. The Labute approximate surface area is 149 Å². The number of benzene rings is 2. The molecule has 0 aromatic heterocycles. The summed E-state index contributed by atoms with van der Waals surface area (Å²) in [4.78, 5) is 12.2. The summed E-state index contributed by atoms with van der Waals surface area (Å²) in [5, 5.41) is 4.39. The zero-order valence-electron chi connectivity index (χ0n) is 15.0. The third-order valence-electron chi connectivity index (χ3n) is 3.96. The maximum absolute atomic E-state index is 12.2. The van der Waals surface area contributed by atoms with E-state index in [4.69, 9.17) is 4.74 Å². The summed E-state index contributed by atoms with van der Waals surface area (Å²) in [6.07, 6.45) is 4.54. The number of carbonyl (C=O) groups is 1. The first-order chi connectivity index (χ1) is 12.2. The van der Waals surface area contributed by atoms with Crippen molar-refractivity contribution < 1.29 is 9.53 Å². The van der Waals surface area contributed by atoms with Crippen LogP contribution in [-0.2, 0) is 11.2 Å². The summed E-state index contributed by atoms with van der Waals surface area (Å²) in [5.41, 5.74) is 5.62. The van der Waals surface area contributed by atoms with E-state index < -0.39 is 0 Å². The summed E-state index contributed by atoms with van der Waals surface area (Å²) in [6.45, 7) is 2.18. The van der Waals surface area contributed by atoms with E-state index in [1.165, 1.54) is 0 Å². The molecule has 2 aromatic carbocycles. The van der Waals surface area contributed by atoms with Crippen LogP contribution < -0.4 is 10.2 Å². The van der Waals surface area contributed by atoms with Gasteiger partial charge in [0.2, 0.25) is 5.91 Å². The van der Waals surface area contributed by atoms with E-state index in [9.17, 15) is 4.79 Å². The number of hydrogen-bond donors (Lipinski definition) is 1. The zero-order valence-corrected chi connectivity index (χ0v) is 15.0. The topological polar surface area (TPSA) is 50.7 Å². The van der Waals surface area contributed by atoms with Gasteiger partial charge in [0.1, 0.15) is 5.75 Å². The second kappa shape index (κ2) is 10.3. The van der Waals surface area contributed by atoms with Crippen LogP contribution in [0.15, 0.2) is 59.7 Å². The molecule has 25 heavy (non-hydrogen) atoms. The molecule has 0 saturated heterocycles. The van der Waals surface area contributed by atoms with Crippen molar-refractivity contribution in [2.75, 3.05) is 7.11 Å². The smallest absolute Gasteiger partial charge is 0.244 e. The Hall–Kier alpha value is -2.62. The molecule has 0 bridgehead atoms. The fraction of sp³-hybridized carbons (Fsp3) is 0.333. The number of carbonyl (C=O) groups excluding carboxylic acids is 1. The third-order valence-corrected chi connectivity index (χ3v) is 3.96. The van der Waals surface area contributed by atoms with Crippen molar-refractivity contribution in [3.63, 3.8) is 0 Å². The van der Waals surface area contributed by atoms with E-state index in [0.29, 0.717) is 6.42 Å². The normalized spacial score (nSPS) is 11.2. The highest BCUT2D eigenvalue weighted by Crippen LogP contribution is 2.12. The molecule has 4 heteroatoms. The fourth-order valence-electron chi connectivity index (χ4n) is 2.54. The van der Waals surface area contributed by atoms with Gasteiger partial charge >= 0.3 is 0 Å². The second-order valence-electron chi connectivity index (χ2n) is 5.94. The van der Waals surface area contributed by atoms with E-state index >= 15 is 0 Å². The van der Waals surface area contributed by atoms with Crippen LogP contribution in [0.4, 0.5) is 0 Å². The highest BCUT2D eigenvalue weighted by molar-refractivity contribution is 6.01. The van der Waals surface area contributed by atoms with Crippen molar-refractivity contribution in [3.8, 4) is 5.75 Å². The van der Waals surface area contributed by atoms with Crippen molar-refractivity contribution in [1.82, 2.24) is 5.43 Å². The van der Waals surface area contributed by atoms with Gasteiger partial charge < -0.3 is 4.74 Å². The summed E-state index contributed by atoms with van der Waals surface area (Å²) in [5.74, 6) is 0.665. The molecule has 0 aliphatic carbocycles. The molecule has 1 N–H and O–H groups in total.